The van der Waals surface area contributed by atoms with Crippen LogP contribution in [-0.4, -0.2) is 113 Å². The molecule has 1 fully saturated rings. The summed E-state index contributed by atoms with van der Waals surface area (Å²) >= 11 is 0. The Bertz CT molecular complexity index is 1930. The molecule has 1 amide bonds. The molecule has 2 aromatic rings. The van der Waals surface area contributed by atoms with Gasteiger partial charge in [-0.3, -0.25) is 19.2 Å². The van der Waals surface area contributed by atoms with Gasteiger partial charge in [0, 0.05) is 42.4 Å². The standard InChI is InChI=1S/C47H65NO15/c1-28-41(52)31(48-46(57)61-23-18-16-14-12-10-8-6-4-5-7-9-11-13-15-17-22-35(51)60-3)24-36(62-28)63-33-26-47(58,34(50)27-49)25-30-38(33)45(56)40-39(43(30)54)42(53)29-20-19-21-32(59-2)37(29)44(40)55/h19-21,28,31,33,36,41,49,52,54,56,58H,4-18,22-27H2,1-3H3,(H,48,57)/t28-,31-,33-,36-,41+,47-/m0/s1. The van der Waals surface area contributed by atoms with Crippen molar-refractivity contribution in [2.75, 3.05) is 27.4 Å². The predicted octanol–water partition coefficient (Wildman–Crippen LogP) is 6.18. The fourth-order valence-electron chi connectivity index (χ4n) is 8.99. The summed E-state index contributed by atoms with van der Waals surface area (Å²) in [6.07, 6.45) is 10.4. The van der Waals surface area contributed by atoms with E-state index in [1.54, 1.807) is 6.92 Å². The number of benzene rings is 2. The highest BCUT2D eigenvalue weighted by Gasteiger charge is 2.50. The number of unbranched alkanes of at least 4 members (excludes halogenated alkanes) is 14. The van der Waals surface area contributed by atoms with Gasteiger partial charge in [0.15, 0.2) is 17.9 Å². The van der Waals surface area contributed by atoms with Crippen molar-refractivity contribution in [1.29, 1.82) is 0 Å². The highest BCUT2D eigenvalue weighted by molar-refractivity contribution is 6.31. The van der Waals surface area contributed by atoms with Crippen molar-refractivity contribution in [2.24, 2.45) is 0 Å². The zero-order valence-corrected chi connectivity index (χ0v) is 36.8. The van der Waals surface area contributed by atoms with Gasteiger partial charge in [-0.1, -0.05) is 95.6 Å². The van der Waals surface area contributed by atoms with Crippen molar-refractivity contribution in [3.63, 3.8) is 0 Å². The molecule has 2 aliphatic carbocycles. The summed E-state index contributed by atoms with van der Waals surface area (Å²) in [5.74, 6) is -4.13. The molecule has 6 N–H and O–H groups in total. The number of rotatable bonds is 24. The molecule has 0 bridgehead atoms. The fourth-order valence-corrected chi connectivity index (χ4v) is 8.99. The Hall–Kier alpha value is -4.61. The van der Waals surface area contributed by atoms with Gasteiger partial charge in [0.25, 0.3) is 0 Å². The molecule has 6 atom stereocenters. The highest BCUT2D eigenvalue weighted by atomic mass is 16.7. The second-order valence-corrected chi connectivity index (χ2v) is 17.0. The Morgan fingerprint density at radius 1 is 0.825 bits per heavy atom. The zero-order chi connectivity index (χ0) is 45.7. The number of esters is 1. The average molecular weight is 884 g/mol. The van der Waals surface area contributed by atoms with Crippen LogP contribution in [0, 0.1) is 0 Å². The van der Waals surface area contributed by atoms with Crippen molar-refractivity contribution in [1.82, 2.24) is 5.32 Å². The lowest BCUT2D eigenvalue weighted by Gasteiger charge is -2.42. The molecular formula is C47H65NO15. The van der Waals surface area contributed by atoms with E-state index in [1.165, 1.54) is 90.2 Å². The van der Waals surface area contributed by atoms with Gasteiger partial charge in [-0.25, -0.2) is 4.79 Å². The number of phenolic OH excluding ortho intramolecular Hbond substituents is 2. The third-order valence-corrected chi connectivity index (χ3v) is 12.5. The van der Waals surface area contributed by atoms with Crippen LogP contribution in [0.3, 0.4) is 0 Å². The summed E-state index contributed by atoms with van der Waals surface area (Å²) in [5.41, 5.74) is -3.95. The Morgan fingerprint density at radius 3 is 2.00 bits per heavy atom. The lowest BCUT2D eigenvalue weighted by molar-refractivity contribution is -0.249. The number of fused-ring (bicyclic) bond motifs is 3. The molecule has 3 aliphatic rings. The summed E-state index contributed by atoms with van der Waals surface area (Å²) in [6.45, 7) is 0.674. The number of Topliss-reactive ketones (excluding diaryl/α,β-unsaturated/α-hetero) is 1. The Balaban J connectivity index is 1.10. The summed E-state index contributed by atoms with van der Waals surface area (Å²) in [5, 5.41) is 58.4. The number of hydrogen-bond donors (Lipinski definition) is 6. The summed E-state index contributed by atoms with van der Waals surface area (Å²) in [6, 6.07) is 3.42. The van der Waals surface area contributed by atoms with Crippen LogP contribution in [0.5, 0.6) is 17.2 Å². The van der Waals surface area contributed by atoms with Gasteiger partial charge in [0.2, 0.25) is 5.78 Å². The van der Waals surface area contributed by atoms with Crippen molar-refractivity contribution >= 4 is 29.4 Å². The van der Waals surface area contributed by atoms with Crippen LogP contribution in [0.2, 0.25) is 0 Å². The van der Waals surface area contributed by atoms with E-state index >= 15 is 0 Å². The molecule has 16 heteroatoms. The summed E-state index contributed by atoms with van der Waals surface area (Å²) < 4.78 is 27.6. The molecule has 0 aromatic heterocycles. The van der Waals surface area contributed by atoms with Crippen molar-refractivity contribution < 1.29 is 73.2 Å². The summed E-state index contributed by atoms with van der Waals surface area (Å²) in [4.78, 5) is 64.7. The largest absolute Gasteiger partial charge is 0.507 e. The summed E-state index contributed by atoms with van der Waals surface area (Å²) in [7, 11) is 2.74. The molecule has 348 valence electrons. The van der Waals surface area contributed by atoms with Crippen LogP contribution in [-0.2, 0) is 35.0 Å². The minimum Gasteiger partial charge on any atom is -0.507 e. The van der Waals surface area contributed by atoms with Crippen molar-refractivity contribution in [3.8, 4) is 17.2 Å². The molecular weight excluding hydrogens is 819 g/mol. The number of hydrogen-bond acceptors (Lipinski definition) is 15. The van der Waals surface area contributed by atoms with Crippen LogP contribution in [0.1, 0.15) is 172 Å². The van der Waals surface area contributed by atoms with E-state index < -0.39 is 102 Å². The maximum absolute atomic E-state index is 14.0. The molecule has 1 heterocycles. The Kier molecular flexibility index (Phi) is 18.3. The monoisotopic (exact) mass is 883 g/mol. The first-order valence-corrected chi connectivity index (χ1v) is 22.5. The lowest BCUT2D eigenvalue weighted by Crippen LogP contribution is -2.56. The number of phenols is 2. The third-order valence-electron chi connectivity index (χ3n) is 12.5. The van der Waals surface area contributed by atoms with Crippen LogP contribution < -0.4 is 10.1 Å². The van der Waals surface area contributed by atoms with Crippen LogP contribution in [0.4, 0.5) is 4.79 Å². The van der Waals surface area contributed by atoms with Gasteiger partial charge < -0.3 is 54.5 Å². The van der Waals surface area contributed by atoms with E-state index in [2.05, 4.69) is 10.1 Å². The Labute approximate surface area is 368 Å². The minimum absolute atomic E-state index is 0.0713. The van der Waals surface area contributed by atoms with Crippen LogP contribution in [0.15, 0.2) is 18.2 Å². The fraction of sp³-hybridized carbons (Fsp3) is 0.638. The van der Waals surface area contributed by atoms with Crippen LogP contribution in [0.25, 0.3) is 0 Å². The second kappa shape index (κ2) is 23.4. The number of nitrogens with one attached hydrogen (secondary N) is 1. The molecule has 63 heavy (non-hydrogen) atoms. The first-order chi connectivity index (χ1) is 30.3. The van der Waals surface area contributed by atoms with Gasteiger partial charge >= 0.3 is 12.1 Å². The number of carbonyl (C=O) groups excluding carboxylic acids is 5. The van der Waals surface area contributed by atoms with Crippen molar-refractivity contribution in [2.45, 2.75) is 165 Å². The molecule has 0 saturated carbocycles. The number of ether oxygens (including phenoxy) is 5. The van der Waals surface area contributed by atoms with Gasteiger partial charge in [-0.05, 0) is 25.8 Å². The first kappa shape index (κ1) is 49.4. The van der Waals surface area contributed by atoms with E-state index in [4.69, 9.17) is 18.9 Å². The molecule has 0 unspecified atom stereocenters. The molecule has 5 rings (SSSR count). The number of methoxy groups -OCH3 is 2. The Morgan fingerprint density at radius 2 is 1.41 bits per heavy atom. The molecule has 0 radical (unpaired) electrons. The number of alkyl carbamates (subject to hydrolysis) is 1. The van der Waals surface area contributed by atoms with Crippen molar-refractivity contribution in [3.05, 3.63) is 51.6 Å². The number of ketones is 3. The SMILES string of the molecule is COC(=O)CCCCCCCCCCCCCCCCCOC(=O)N[C@H]1C[C@H](O[C@H]2C[C@](O)(C(=O)CO)Cc3c(O)c4c(c(O)c32)C(=O)c2c(OC)cccc2C4=O)O[C@@H](C)[C@H]1O. The van der Waals surface area contributed by atoms with Gasteiger partial charge in [0.1, 0.15) is 35.6 Å². The number of amides is 1. The van der Waals surface area contributed by atoms with Gasteiger partial charge in [0.05, 0.1) is 55.8 Å². The quantitative estimate of drug-likeness (QED) is 0.0334. The third kappa shape index (κ3) is 12.1. The van der Waals surface area contributed by atoms with E-state index in [0.29, 0.717) is 12.8 Å². The average Bonchev–Trinajstić information content (AvgIpc) is 3.26. The lowest BCUT2D eigenvalue weighted by atomic mass is 9.72. The number of aromatic hydroxyl groups is 2. The maximum atomic E-state index is 14.0. The van der Waals surface area contributed by atoms with E-state index in [1.807, 2.05) is 0 Å². The molecule has 1 aliphatic heterocycles. The second-order valence-electron chi connectivity index (χ2n) is 17.0. The topological polar surface area (TPSA) is 245 Å². The van der Waals surface area contributed by atoms with Gasteiger partial charge in [-0.2, -0.15) is 0 Å². The number of carbonyl (C=O) groups is 5. The molecule has 16 nitrogen and oxygen atoms in total. The highest BCUT2D eigenvalue weighted by Crippen LogP contribution is 2.52. The van der Waals surface area contributed by atoms with E-state index in [-0.39, 0.29) is 47.0 Å². The minimum atomic E-state index is -2.33. The smallest absolute Gasteiger partial charge is 0.407 e. The molecule has 2 aromatic carbocycles. The van der Waals surface area contributed by atoms with Crippen LogP contribution >= 0.6 is 0 Å². The van der Waals surface area contributed by atoms with Gasteiger partial charge in [-0.15, -0.1) is 0 Å². The molecule has 0 spiro atoms. The normalized spacial score (nSPS) is 22.7. The number of aliphatic hydroxyl groups excluding tert-OH is 2. The van der Waals surface area contributed by atoms with E-state index in [0.717, 1.165) is 32.1 Å². The zero-order valence-electron chi connectivity index (χ0n) is 36.8. The predicted molar refractivity (Wildman–Crippen MR) is 228 cm³/mol. The maximum Gasteiger partial charge on any atom is 0.407 e. The van der Waals surface area contributed by atoms with E-state index in [9.17, 15) is 49.5 Å². The molecule has 1 saturated heterocycles. The first-order valence-electron chi connectivity index (χ1n) is 22.5. The number of aliphatic hydroxyl groups is 3.